The van der Waals surface area contributed by atoms with Crippen LogP contribution in [0.2, 0.25) is 0 Å². The number of aromatic amines is 2. The summed E-state index contributed by atoms with van der Waals surface area (Å²) < 4.78 is 0. The van der Waals surface area contributed by atoms with E-state index in [2.05, 4.69) is 30.9 Å². The van der Waals surface area contributed by atoms with E-state index in [-0.39, 0.29) is 31.6 Å². The highest BCUT2D eigenvalue weighted by Crippen LogP contribution is 2.20. The Kier molecular flexibility index (Phi) is 11.2. The third-order valence-electron chi connectivity index (χ3n) is 7.12. The molecule has 0 radical (unpaired) electrons. The molecular weight excluding hydrogens is 546 g/mol. The van der Waals surface area contributed by atoms with Crippen LogP contribution in [-0.2, 0) is 36.8 Å². The normalized spacial score (nSPS) is 14.7. The lowest BCUT2D eigenvalue weighted by Crippen LogP contribution is -2.59. The van der Waals surface area contributed by atoms with Crippen molar-refractivity contribution in [1.82, 2.24) is 30.9 Å². The number of nitrogens with two attached hydrogens (primary N) is 1. The Morgan fingerprint density at radius 3 is 2.31 bits per heavy atom. The number of nitrogens with zero attached hydrogens (tertiary/aromatic N) is 1. The van der Waals surface area contributed by atoms with Gasteiger partial charge in [-0.05, 0) is 24.0 Å². The van der Waals surface area contributed by atoms with Gasteiger partial charge >= 0.3 is 11.9 Å². The highest BCUT2D eigenvalue weighted by molar-refractivity contribution is 5.95. The minimum Gasteiger partial charge on any atom is -0.481 e. The first-order chi connectivity index (χ1) is 20.0. The fourth-order valence-corrected chi connectivity index (χ4v) is 4.45. The summed E-state index contributed by atoms with van der Waals surface area (Å²) in [6.45, 7) is 3.57. The van der Waals surface area contributed by atoms with Crippen molar-refractivity contribution in [2.45, 2.75) is 70.1 Å². The van der Waals surface area contributed by atoms with Crippen LogP contribution >= 0.6 is 0 Å². The van der Waals surface area contributed by atoms with Gasteiger partial charge in [0, 0.05) is 48.3 Å². The van der Waals surface area contributed by atoms with Crippen LogP contribution in [0.15, 0.2) is 43.0 Å². The Labute approximate surface area is 241 Å². The highest BCUT2D eigenvalue weighted by Gasteiger charge is 2.33. The van der Waals surface area contributed by atoms with Crippen molar-refractivity contribution < 1.29 is 34.2 Å². The number of nitrogens with one attached hydrogen (secondary N) is 5. The monoisotopic (exact) mass is 583 g/mol. The molecule has 0 aliphatic rings. The molecule has 14 heteroatoms. The number of hydrogen-bond acceptors (Lipinski definition) is 7. The van der Waals surface area contributed by atoms with Gasteiger partial charge in [0.2, 0.25) is 17.7 Å². The molecule has 2 aromatic heterocycles. The second kappa shape index (κ2) is 14.8. The van der Waals surface area contributed by atoms with Gasteiger partial charge in [0.25, 0.3) is 0 Å². The number of imidazole rings is 1. The van der Waals surface area contributed by atoms with E-state index < -0.39 is 53.8 Å². The smallest absolute Gasteiger partial charge is 0.326 e. The van der Waals surface area contributed by atoms with E-state index in [1.54, 1.807) is 13.1 Å². The molecule has 0 aliphatic heterocycles. The summed E-state index contributed by atoms with van der Waals surface area (Å²) in [7, 11) is 0. The first kappa shape index (κ1) is 31.8. The molecule has 14 nitrogen and oxygen atoms in total. The predicted molar refractivity (Wildman–Crippen MR) is 152 cm³/mol. The standard InChI is InChI=1S/C28H37N7O7/c1-3-15(2)24(35-25(38)19(29)8-9-23(36)37)27(40)33-21(10-16-12-31-20-7-5-4-6-18(16)20)26(39)34-22(28(41)42)11-17-13-30-14-32-17/h4-7,12-15,19,21-22,24,31H,3,8-11,29H2,1-2H3,(H,30,32)(H,33,40)(H,34,39)(H,35,38)(H,36,37)(H,41,42). The molecule has 3 amide bonds. The van der Waals surface area contributed by atoms with Gasteiger partial charge in [-0.1, -0.05) is 38.5 Å². The maximum Gasteiger partial charge on any atom is 0.326 e. The zero-order valence-electron chi connectivity index (χ0n) is 23.4. The number of amides is 3. The quantitative estimate of drug-likeness (QED) is 0.117. The molecule has 0 aliphatic carbocycles. The molecule has 2 heterocycles. The summed E-state index contributed by atoms with van der Waals surface area (Å²) in [5.74, 6) is -4.83. The molecule has 0 saturated heterocycles. The van der Waals surface area contributed by atoms with Gasteiger partial charge in [0.05, 0.1) is 12.4 Å². The van der Waals surface area contributed by atoms with Gasteiger partial charge in [-0.25, -0.2) is 9.78 Å². The van der Waals surface area contributed by atoms with Gasteiger partial charge < -0.3 is 41.9 Å². The van der Waals surface area contributed by atoms with Crippen LogP contribution < -0.4 is 21.7 Å². The summed E-state index contributed by atoms with van der Waals surface area (Å²) in [5, 5.41) is 27.3. The Hall–Kier alpha value is -4.72. The lowest BCUT2D eigenvalue weighted by Gasteiger charge is -2.28. The predicted octanol–water partition coefficient (Wildman–Crippen LogP) is 0.453. The first-order valence-corrected chi connectivity index (χ1v) is 13.6. The number of rotatable bonds is 16. The number of fused-ring (bicyclic) bond motifs is 1. The molecule has 9 N–H and O–H groups in total. The van der Waals surface area contributed by atoms with Crippen molar-refractivity contribution in [3.05, 3.63) is 54.2 Å². The third-order valence-corrected chi connectivity index (χ3v) is 7.12. The van der Waals surface area contributed by atoms with Crippen LogP contribution in [-0.4, -0.2) is 79.0 Å². The number of benzene rings is 1. The third kappa shape index (κ3) is 8.64. The number of aliphatic carboxylic acids is 2. The second-order valence-corrected chi connectivity index (χ2v) is 10.2. The van der Waals surface area contributed by atoms with Crippen molar-refractivity contribution >= 4 is 40.6 Å². The van der Waals surface area contributed by atoms with Gasteiger partial charge in [0.15, 0.2) is 0 Å². The second-order valence-electron chi connectivity index (χ2n) is 10.2. The van der Waals surface area contributed by atoms with E-state index in [1.165, 1.54) is 12.5 Å². The Bertz CT molecular complexity index is 1390. The van der Waals surface area contributed by atoms with Crippen molar-refractivity contribution in [2.24, 2.45) is 11.7 Å². The van der Waals surface area contributed by atoms with Crippen LogP contribution in [0.1, 0.15) is 44.4 Å². The van der Waals surface area contributed by atoms with Gasteiger partial charge in [0.1, 0.15) is 18.1 Å². The zero-order valence-corrected chi connectivity index (χ0v) is 23.4. The molecule has 226 valence electrons. The Morgan fingerprint density at radius 2 is 1.67 bits per heavy atom. The fraction of sp³-hybridized carbons (Fsp3) is 0.429. The van der Waals surface area contributed by atoms with Crippen LogP contribution in [0.5, 0.6) is 0 Å². The molecule has 0 spiro atoms. The molecule has 5 unspecified atom stereocenters. The molecule has 42 heavy (non-hydrogen) atoms. The number of hydrogen-bond donors (Lipinski definition) is 8. The van der Waals surface area contributed by atoms with E-state index >= 15 is 0 Å². The van der Waals surface area contributed by atoms with E-state index in [1.807, 2.05) is 31.2 Å². The van der Waals surface area contributed by atoms with Gasteiger partial charge in [-0.3, -0.25) is 19.2 Å². The zero-order chi connectivity index (χ0) is 30.8. The molecule has 3 rings (SSSR count). The minimum atomic E-state index is -1.31. The highest BCUT2D eigenvalue weighted by atomic mass is 16.4. The maximum atomic E-state index is 13.6. The maximum absolute atomic E-state index is 13.6. The van der Waals surface area contributed by atoms with E-state index in [0.717, 1.165) is 10.9 Å². The number of carboxylic acids is 2. The van der Waals surface area contributed by atoms with Gasteiger partial charge in [-0.15, -0.1) is 0 Å². The van der Waals surface area contributed by atoms with Crippen molar-refractivity contribution in [3.8, 4) is 0 Å². The molecule has 5 atom stereocenters. The molecule has 0 fully saturated rings. The van der Waals surface area contributed by atoms with Crippen molar-refractivity contribution in [1.29, 1.82) is 0 Å². The summed E-state index contributed by atoms with van der Waals surface area (Å²) >= 11 is 0. The lowest BCUT2D eigenvalue weighted by molar-refractivity contribution is -0.142. The van der Waals surface area contributed by atoms with Crippen LogP contribution in [0.3, 0.4) is 0 Å². The molecule has 0 saturated carbocycles. The van der Waals surface area contributed by atoms with Crippen LogP contribution in [0, 0.1) is 5.92 Å². The largest absolute Gasteiger partial charge is 0.481 e. The summed E-state index contributed by atoms with van der Waals surface area (Å²) in [4.78, 5) is 72.5. The molecule has 1 aromatic carbocycles. The summed E-state index contributed by atoms with van der Waals surface area (Å²) in [5.41, 5.74) is 7.88. The average molecular weight is 584 g/mol. The van der Waals surface area contributed by atoms with E-state index in [0.29, 0.717) is 17.7 Å². The van der Waals surface area contributed by atoms with E-state index in [9.17, 15) is 29.1 Å². The lowest BCUT2D eigenvalue weighted by atomic mass is 9.96. The fourth-order valence-electron chi connectivity index (χ4n) is 4.45. The molecular formula is C28H37N7O7. The number of H-pyrrole nitrogens is 2. The number of carbonyl (C=O) groups is 5. The average Bonchev–Trinajstić information content (AvgIpc) is 3.63. The van der Waals surface area contributed by atoms with Crippen molar-refractivity contribution in [2.75, 3.05) is 0 Å². The summed E-state index contributed by atoms with van der Waals surface area (Å²) in [6, 6.07) is 2.65. The van der Waals surface area contributed by atoms with E-state index in [4.69, 9.17) is 10.8 Å². The van der Waals surface area contributed by atoms with Crippen molar-refractivity contribution in [3.63, 3.8) is 0 Å². The topological polar surface area (TPSA) is 232 Å². The number of carboxylic acid groups (broad SMARTS) is 2. The molecule has 0 bridgehead atoms. The van der Waals surface area contributed by atoms with Crippen LogP contribution in [0.4, 0.5) is 0 Å². The minimum absolute atomic E-state index is 0.0251. The number of aromatic nitrogens is 3. The number of carbonyl (C=O) groups excluding carboxylic acids is 3. The SMILES string of the molecule is CCC(C)C(NC(=O)C(N)CCC(=O)O)C(=O)NC(Cc1c[nH]c2ccccc12)C(=O)NC(Cc1cnc[nH]1)C(=O)O. The number of para-hydroxylation sites is 1. The first-order valence-electron chi connectivity index (χ1n) is 13.6. The Balaban J connectivity index is 1.84. The summed E-state index contributed by atoms with van der Waals surface area (Å²) in [6.07, 6.45) is 4.59. The van der Waals surface area contributed by atoms with Crippen LogP contribution in [0.25, 0.3) is 10.9 Å². The Morgan fingerprint density at radius 1 is 0.952 bits per heavy atom. The van der Waals surface area contributed by atoms with Gasteiger partial charge in [-0.2, -0.15) is 0 Å². The molecule has 3 aromatic rings.